The van der Waals surface area contributed by atoms with Crippen LogP contribution in [0.15, 0.2) is 24.3 Å². The van der Waals surface area contributed by atoms with Gasteiger partial charge in [0.1, 0.15) is 0 Å². The van der Waals surface area contributed by atoms with E-state index in [0.717, 1.165) is 31.2 Å². The van der Waals surface area contributed by atoms with Crippen molar-refractivity contribution in [3.05, 3.63) is 34.9 Å². The van der Waals surface area contributed by atoms with Crippen molar-refractivity contribution < 1.29 is 19.8 Å². The third-order valence-electron chi connectivity index (χ3n) is 7.48. The Morgan fingerprint density at radius 2 is 1.82 bits per heavy atom. The number of carbonyl (C=O) groups is 2. The van der Waals surface area contributed by atoms with E-state index < -0.39 is 16.6 Å². The molecule has 0 spiro atoms. The van der Waals surface area contributed by atoms with E-state index in [9.17, 15) is 19.8 Å². The van der Waals surface area contributed by atoms with Gasteiger partial charge in [0, 0.05) is 36.0 Å². The first-order valence-corrected chi connectivity index (χ1v) is 12.5. The summed E-state index contributed by atoms with van der Waals surface area (Å²) in [5.41, 5.74) is -1.67. The molecule has 1 saturated heterocycles. The van der Waals surface area contributed by atoms with E-state index in [4.69, 9.17) is 11.6 Å². The number of rotatable bonds is 6. The zero-order chi connectivity index (χ0) is 24.4. The third kappa shape index (κ3) is 6.09. The molecule has 1 aliphatic carbocycles. The smallest absolute Gasteiger partial charge is 0.227 e. The molecule has 2 aliphatic rings. The third-order valence-corrected chi connectivity index (χ3v) is 7.73. The summed E-state index contributed by atoms with van der Waals surface area (Å²) in [4.78, 5) is 27.9. The molecular weight excluding hydrogens is 440 g/mol. The van der Waals surface area contributed by atoms with E-state index in [1.165, 1.54) is 0 Å². The van der Waals surface area contributed by atoms with Crippen LogP contribution in [0.4, 0.5) is 0 Å². The maximum Gasteiger partial charge on any atom is 0.227 e. The van der Waals surface area contributed by atoms with E-state index in [1.54, 1.807) is 26.0 Å². The fourth-order valence-electron chi connectivity index (χ4n) is 5.30. The van der Waals surface area contributed by atoms with Gasteiger partial charge in [0.05, 0.1) is 17.1 Å². The molecule has 1 saturated carbocycles. The molecule has 2 amide bonds. The molecule has 0 unspecified atom stereocenters. The second-order valence-corrected chi connectivity index (χ2v) is 11.6. The van der Waals surface area contributed by atoms with Gasteiger partial charge in [-0.3, -0.25) is 9.59 Å². The molecular formula is C26H39ClN2O4. The average Bonchev–Trinajstić information content (AvgIpc) is 2.74. The number of likely N-dealkylation sites (tertiary alicyclic amines) is 1. The van der Waals surface area contributed by atoms with Gasteiger partial charge < -0.3 is 20.4 Å². The summed E-state index contributed by atoms with van der Waals surface area (Å²) in [6, 6.07) is 7.12. The molecule has 1 aromatic carbocycles. The lowest BCUT2D eigenvalue weighted by Gasteiger charge is -2.51. The zero-order valence-corrected chi connectivity index (χ0v) is 21.1. The summed E-state index contributed by atoms with van der Waals surface area (Å²) in [6.45, 7) is 8.29. The average molecular weight is 479 g/mol. The number of nitrogens with zero attached hydrogens (tertiary/aromatic N) is 1. The Labute approximate surface area is 202 Å². The Bertz CT molecular complexity index is 849. The number of piperidine rings is 1. The van der Waals surface area contributed by atoms with Crippen molar-refractivity contribution in [1.29, 1.82) is 0 Å². The first-order valence-electron chi connectivity index (χ1n) is 12.1. The summed E-state index contributed by atoms with van der Waals surface area (Å²) >= 11 is 6.03. The van der Waals surface area contributed by atoms with Gasteiger partial charge in [0.2, 0.25) is 11.8 Å². The van der Waals surface area contributed by atoms with Gasteiger partial charge in [-0.05, 0) is 57.2 Å². The molecule has 6 nitrogen and oxygen atoms in total. The Kier molecular flexibility index (Phi) is 7.82. The predicted molar refractivity (Wildman–Crippen MR) is 130 cm³/mol. The van der Waals surface area contributed by atoms with Gasteiger partial charge in [-0.15, -0.1) is 0 Å². The van der Waals surface area contributed by atoms with Crippen LogP contribution >= 0.6 is 11.6 Å². The van der Waals surface area contributed by atoms with Crippen molar-refractivity contribution >= 4 is 23.4 Å². The molecule has 0 radical (unpaired) electrons. The highest BCUT2D eigenvalue weighted by Gasteiger charge is 2.50. The first-order chi connectivity index (χ1) is 15.3. The van der Waals surface area contributed by atoms with Crippen LogP contribution in [0.5, 0.6) is 0 Å². The number of benzene rings is 1. The summed E-state index contributed by atoms with van der Waals surface area (Å²) in [5.74, 6) is -0.297. The van der Waals surface area contributed by atoms with Crippen LogP contribution in [0.3, 0.4) is 0 Å². The monoisotopic (exact) mass is 478 g/mol. The van der Waals surface area contributed by atoms with E-state index in [2.05, 4.69) is 5.32 Å². The van der Waals surface area contributed by atoms with Crippen molar-refractivity contribution in [2.24, 2.45) is 11.3 Å². The predicted octanol–water partition coefficient (Wildman–Crippen LogP) is 4.01. The number of aliphatic hydroxyl groups is 2. The molecule has 3 N–H and O–H groups in total. The second-order valence-electron chi connectivity index (χ2n) is 11.1. The summed E-state index contributed by atoms with van der Waals surface area (Å²) in [7, 11) is 0. The normalized spacial score (nSPS) is 27.8. The molecule has 1 aromatic rings. The Hall–Kier alpha value is -1.63. The summed E-state index contributed by atoms with van der Waals surface area (Å²) in [5, 5.41) is 25.2. The van der Waals surface area contributed by atoms with Crippen molar-refractivity contribution in [1.82, 2.24) is 10.2 Å². The largest absolute Gasteiger partial charge is 0.390 e. The van der Waals surface area contributed by atoms with Crippen molar-refractivity contribution in [2.75, 3.05) is 13.1 Å². The first kappa shape index (κ1) is 26.0. The van der Waals surface area contributed by atoms with E-state index in [-0.39, 0.29) is 30.2 Å². The highest BCUT2D eigenvalue weighted by atomic mass is 35.5. The lowest BCUT2D eigenvalue weighted by Crippen LogP contribution is -2.59. The topological polar surface area (TPSA) is 89.9 Å². The molecule has 3 rings (SSSR count). The number of hydrogen-bond acceptors (Lipinski definition) is 4. The van der Waals surface area contributed by atoms with Crippen LogP contribution in [0.25, 0.3) is 0 Å². The second kappa shape index (κ2) is 9.93. The highest BCUT2D eigenvalue weighted by molar-refractivity contribution is 6.30. The van der Waals surface area contributed by atoms with Gasteiger partial charge >= 0.3 is 0 Å². The molecule has 1 heterocycles. The van der Waals surface area contributed by atoms with Gasteiger partial charge in [-0.2, -0.15) is 0 Å². The summed E-state index contributed by atoms with van der Waals surface area (Å²) in [6.07, 6.45) is 4.58. The number of hydrogen-bond donors (Lipinski definition) is 3. The summed E-state index contributed by atoms with van der Waals surface area (Å²) < 4.78 is 0. The van der Waals surface area contributed by atoms with Crippen LogP contribution in [0.2, 0.25) is 5.02 Å². The Morgan fingerprint density at radius 1 is 1.18 bits per heavy atom. The van der Waals surface area contributed by atoms with Crippen LogP contribution in [0, 0.1) is 11.3 Å². The molecule has 184 valence electrons. The van der Waals surface area contributed by atoms with Gasteiger partial charge in [0.15, 0.2) is 0 Å². The SMILES string of the molecule is CC(C)(O)CCC(=O)N[C@@H]1CCCC[C@@H]1C(=O)N1CC[C@](O)(c2ccc(Cl)cc2)C(C)(C)C1. The van der Waals surface area contributed by atoms with E-state index in [0.29, 0.717) is 31.0 Å². The maximum atomic E-state index is 13.6. The van der Waals surface area contributed by atoms with Gasteiger partial charge in [0.25, 0.3) is 0 Å². The Morgan fingerprint density at radius 3 is 2.42 bits per heavy atom. The van der Waals surface area contributed by atoms with Crippen LogP contribution in [0.1, 0.15) is 78.2 Å². The van der Waals surface area contributed by atoms with Crippen LogP contribution in [-0.2, 0) is 15.2 Å². The number of amides is 2. The molecule has 3 atom stereocenters. The number of carbonyl (C=O) groups excluding carboxylic acids is 2. The minimum absolute atomic E-state index is 0.0636. The van der Waals surface area contributed by atoms with Crippen molar-refractivity contribution in [2.45, 2.75) is 89.9 Å². The maximum absolute atomic E-state index is 13.6. The number of nitrogens with one attached hydrogen (secondary N) is 1. The Balaban J connectivity index is 1.68. The van der Waals surface area contributed by atoms with Crippen molar-refractivity contribution in [3.63, 3.8) is 0 Å². The molecule has 33 heavy (non-hydrogen) atoms. The standard InChI is InChI=1S/C26H39ClN2O4/c1-24(2)17-29(16-15-26(24,33)18-9-11-19(27)12-10-18)23(31)20-7-5-6-8-21(20)28-22(30)13-14-25(3,4)32/h9-12,20-21,32-33H,5-8,13-17H2,1-4H3,(H,28,30)/t20-,21+,26-/m0/s1. The molecule has 0 bridgehead atoms. The fourth-order valence-corrected chi connectivity index (χ4v) is 5.43. The lowest BCUT2D eigenvalue weighted by atomic mass is 9.66. The van der Waals surface area contributed by atoms with Crippen LogP contribution in [-0.4, -0.2) is 51.7 Å². The number of halogens is 1. The van der Waals surface area contributed by atoms with E-state index in [1.807, 2.05) is 30.9 Å². The molecule has 0 aromatic heterocycles. The highest BCUT2D eigenvalue weighted by Crippen LogP contribution is 2.46. The zero-order valence-electron chi connectivity index (χ0n) is 20.4. The minimum Gasteiger partial charge on any atom is -0.390 e. The molecule has 1 aliphatic heterocycles. The molecule has 2 fully saturated rings. The minimum atomic E-state index is -1.05. The fraction of sp³-hybridized carbons (Fsp3) is 0.692. The van der Waals surface area contributed by atoms with E-state index >= 15 is 0 Å². The quantitative estimate of drug-likeness (QED) is 0.576. The molecule has 7 heteroatoms. The van der Waals surface area contributed by atoms with Crippen molar-refractivity contribution in [3.8, 4) is 0 Å². The van der Waals surface area contributed by atoms with Crippen LogP contribution < -0.4 is 5.32 Å². The lowest BCUT2D eigenvalue weighted by molar-refractivity contribution is -0.158. The van der Waals surface area contributed by atoms with Gasteiger partial charge in [-0.25, -0.2) is 0 Å². The van der Waals surface area contributed by atoms with Gasteiger partial charge in [-0.1, -0.05) is 50.4 Å².